The molecule has 0 aromatic heterocycles. The Hall–Kier alpha value is -1.88. The van der Waals surface area contributed by atoms with Crippen molar-refractivity contribution in [1.29, 1.82) is 0 Å². The summed E-state index contributed by atoms with van der Waals surface area (Å²) in [6, 6.07) is 9.85. The molecule has 0 bridgehead atoms. The third kappa shape index (κ3) is 7.28. The van der Waals surface area contributed by atoms with Crippen LogP contribution in [0.3, 0.4) is 0 Å². The maximum Gasteiger partial charge on any atom is 0.221 e. The fourth-order valence-electron chi connectivity index (χ4n) is 2.47. The molecule has 0 heterocycles. The molecular weight excluding hydrogens is 290 g/mol. The molecule has 0 aliphatic rings. The molecule has 0 aliphatic carbocycles. The van der Waals surface area contributed by atoms with E-state index in [0.717, 1.165) is 18.5 Å². The zero-order valence-corrected chi connectivity index (χ0v) is 14.7. The quantitative estimate of drug-likeness (QED) is 0.709. The molecular formula is C18H29N3O2. The number of nitrogens with one attached hydrogen (secondary N) is 1. The number of amides is 2. The highest BCUT2D eigenvalue weighted by Gasteiger charge is 2.19. The third-order valence-electron chi connectivity index (χ3n) is 3.84. The minimum Gasteiger partial charge on any atom is -0.356 e. The second kappa shape index (κ2) is 10.0. The van der Waals surface area contributed by atoms with Crippen molar-refractivity contribution in [3.05, 3.63) is 35.9 Å². The van der Waals surface area contributed by atoms with Gasteiger partial charge in [0, 0.05) is 26.4 Å². The van der Waals surface area contributed by atoms with Crippen molar-refractivity contribution in [3.63, 3.8) is 0 Å². The van der Waals surface area contributed by atoms with Gasteiger partial charge in [0.1, 0.15) is 0 Å². The number of carbonyl (C=O) groups is 2. The van der Waals surface area contributed by atoms with Gasteiger partial charge >= 0.3 is 0 Å². The molecule has 0 saturated heterocycles. The normalized spacial score (nSPS) is 12.0. The Labute approximate surface area is 139 Å². The summed E-state index contributed by atoms with van der Waals surface area (Å²) in [4.78, 5) is 27.6. The number of hydrogen-bond acceptors (Lipinski definition) is 3. The average Bonchev–Trinajstić information content (AvgIpc) is 2.52. The van der Waals surface area contributed by atoms with Gasteiger partial charge in [-0.05, 0) is 39.5 Å². The Bertz CT molecular complexity index is 488. The van der Waals surface area contributed by atoms with Crippen LogP contribution in [-0.2, 0) is 9.59 Å². The largest absolute Gasteiger partial charge is 0.356 e. The van der Waals surface area contributed by atoms with Gasteiger partial charge < -0.3 is 15.1 Å². The Morgan fingerprint density at radius 3 is 2.35 bits per heavy atom. The lowest BCUT2D eigenvalue weighted by Crippen LogP contribution is -2.36. The molecule has 1 N–H and O–H groups in total. The fourth-order valence-corrected chi connectivity index (χ4v) is 2.47. The average molecular weight is 319 g/mol. The van der Waals surface area contributed by atoms with Gasteiger partial charge in [-0.1, -0.05) is 30.3 Å². The summed E-state index contributed by atoms with van der Waals surface area (Å²) in [6.45, 7) is 5.60. The van der Waals surface area contributed by atoms with Gasteiger partial charge in [-0.15, -0.1) is 0 Å². The van der Waals surface area contributed by atoms with Gasteiger partial charge in [0.25, 0.3) is 0 Å². The van der Waals surface area contributed by atoms with E-state index >= 15 is 0 Å². The van der Waals surface area contributed by atoms with Crippen LogP contribution in [0, 0.1) is 0 Å². The molecule has 1 atom stereocenters. The number of hydrogen-bond donors (Lipinski definition) is 1. The van der Waals surface area contributed by atoms with Gasteiger partial charge in [-0.25, -0.2) is 0 Å². The van der Waals surface area contributed by atoms with Crippen LogP contribution in [0.2, 0.25) is 0 Å². The number of carbonyl (C=O) groups excluding carboxylic acids is 2. The van der Waals surface area contributed by atoms with Crippen LogP contribution in [0.4, 0.5) is 0 Å². The number of nitrogens with zero attached hydrogens (tertiary/aromatic N) is 2. The summed E-state index contributed by atoms with van der Waals surface area (Å²) in [5, 5.41) is 2.91. The predicted molar refractivity (Wildman–Crippen MR) is 93.0 cm³/mol. The molecule has 23 heavy (non-hydrogen) atoms. The van der Waals surface area contributed by atoms with Gasteiger partial charge in [-0.3, -0.25) is 9.59 Å². The minimum absolute atomic E-state index is 0.00438. The van der Waals surface area contributed by atoms with Crippen LogP contribution in [0.5, 0.6) is 0 Å². The summed E-state index contributed by atoms with van der Waals surface area (Å²) in [5.74, 6) is -0.0166. The van der Waals surface area contributed by atoms with Gasteiger partial charge in [0.2, 0.25) is 11.8 Å². The molecule has 2 amide bonds. The molecule has 5 heteroatoms. The Kier molecular flexibility index (Phi) is 8.33. The summed E-state index contributed by atoms with van der Waals surface area (Å²) in [6.07, 6.45) is 1.26. The monoisotopic (exact) mass is 319 g/mol. The van der Waals surface area contributed by atoms with E-state index < -0.39 is 0 Å². The van der Waals surface area contributed by atoms with Crippen molar-refractivity contribution in [2.75, 3.05) is 33.7 Å². The van der Waals surface area contributed by atoms with Gasteiger partial charge in [0.15, 0.2) is 0 Å². The van der Waals surface area contributed by atoms with E-state index in [-0.39, 0.29) is 17.9 Å². The molecule has 0 radical (unpaired) electrons. The number of rotatable bonds is 9. The molecule has 1 rings (SSSR count). The molecule has 0 saturated carbocycles. The van der Waals surface area contributed by atoms with E-state index in [1.165, 1.54) is 0 Å². The van der Waals surface area contributed by atoms with Crippen LogP contribution in [-0.4, -0.2) is 55.3 Å². The highest BCUT2D eigenvalue weighted by Crippen LogP contribution is 2.20. The summed E-state index contributed by atoms with van der Waals surface area (Å²) in [5.41, 5.74) is 1.08. The van der Waals surface area contributed by atoms with Gasteiger partial charge in [-0.2, -0.15) is 0 Å². The first-order chi connectivity index (χ1) is 10.9. The Balaban J connectivity index is 2.44. The van der Waals surface area contributed by atoms with Crippen molar-refractivity contribution in [2.24, 2.45) is 0 Å². The summed E-state index contributed by atoms with van der Waals surface area (Å²) in [7, 11) is 4.02. The second-order valence-electron chi connectivity index (χ2n) is 6.06. The first-order valence-electron chi connectivity index (χ1n) is 8.15. The maximum atomic E-state index is 11.9. The lowest BCUT2D eigenvalue weighted by molar-refractivity contribution is -0.131. The molecule has 1 aromatic carbocycles. The van der Waals surface area contributed by atoms with Crippen molar-refractivity contribution < 1.29 is 9.59 Å². The molecule has 0 fully saturated rings. The summed E-state index contributed by atoms with van der Waals surface area (Å²) < 4.78 is 0. The first-order valence-corrected chi connectivity index (χ1v) is 8.15. The van der Waals surface area contributed by atoms with Crippen LogP contribution in [0.1, 0.15) is 38.3 Å². The van der Waals surface area contributed by atoms with Crippen LogP contribution < -0.4 is 5.32 Å². The first kappa shape index (κ1) is 19.2. The van der Waals surface area contributed by atoms with E-state index in [9.17, 15) is 9.59 Å². The summed E-state index contributed by atoms with van der Waals surface area (Å²) >= 11 is 0. The van der Waals surface area contributed by atoms with Gasteiger partial charge in [0.05, 0.1) is 6.04 Å². The molecule has 0 aliphatic heterocycles. The van der Waals surface area contributed by atoms with Crippen molar-refractivity contribution in [3.8, 4) is 0 Å². The lowest BCUT2D eigenvalue weighted by Gasteiger charge is -2.28. The number of benzene rings is 1. The SMILES string of the molecule is CC(=O)N(CCC(=O)NCCCN(C)C)C(C)c1ccccc1. The topological polar surface area (TPSA) is 52.7 Å². The minimum atomic E-state index is -0.0322. The van der Waals surface area contributed by atoms with Crippen molar-refractivity contribution in [1.82, 2.24) is 15.1 Å². The van der Waals surface area contributed by atoms with E-state index in [4.69, 9.17) is 0 Å². The third-order valence-corrected chi connectivity index (χ3v) is 3.84. The smallest absolute Gasteiger partial charge is 0.221 e. The zero-order chi connectivity index (χ0) is 17.2. The van der Waals surface area contributed by atoms with Crippen LogP contribution in [0.15, 0.2) is 30.3 Å². The predicted octanol–water partition coefficient (Wildman–Crippen LogP) is 2.05. The standard InChI is InChI=1S/C18H29N3O2/c1-15(17-9-6-5-7-10-17)21(16(2)22)14-11-18(23)19-12-8-13-20(3)4/h5-7,9-10,15H,8,11-14H2,1-4H3,(H,19,23). The highest BCUT2D eigenvalue weighted by atomic mass is 16.2. The molecule has 1 aromatic rings. The van der Waals surface area contributed by atoms with Crippen molar-refractivity contribution in [2.45, 2.75) is 32.7 Å². The Morgan fingerprint density at radius 1 is 1.13 bits per heavy atom. The zero-order valence-electron chi connectivity index (χ0n) is 14.7. The van der Waals surface area contributed by atoms with Crippen LogP contribution in [0.25, 0.3) is 0 Å². The second-order valence-corrected chi connectivity index (χ2v) is 6.06. The highest BCUT2D eigenvalue weighted by molar-refractivity contribution is 5.78. The van der Waals surface area contributed by atoms with E-state index in [0.29, 0.717) is 19.5 Å². The molecule has 128 valence electrons. The van der Waals surface area contributed by atoms with Crippen molar-refractivity contribution >= 4 is 11.8 Å². The van der Waals surface area contributed by atoms with Crippen LogP contribution >= 0.6 is 0 Å². The van der Waals surface area contributed by atoms with E-state index in [1.54, 1.807) is 11.8 Å². The lowest BCUT2D eigenvalue weighted by atomic mass is 10.1. The molecule has 1 unspecified atom stereocenters. The maximum absolute atomic E-state index is 11.9. The molecule has 5 nitrogen and oxygen atoms in total. The van der Waals surface area contributed by atoms with E-state index in [2.05, 4.69) is 10.2 Å². The Morgan fingerprint density at radius 2 is 1.78 bits per heavy atom. The fraction of sp³-hybridized carbons (Fsp3) is 0.556. The van der Waals surface area contributed by atoms with E-state index in [1.807, 2.05) is 51.4 Å². The molecule has 0 spiro atoms.